The Balaban J connectivity index is 2.17. The Morgan fingerprint density at radius 1 is 1.24 bits per heavy atom. The lowest BCUT2D eigenvalue weighted by molar-refractivity contribution is 0.153. The first-order valence-corrected chi connectivity index (χ1v) is 10.2. The maximum absolute atomic E-state index is 4.74. The molecule has 1 aliphatic carbocycles. The molecule has 2 rings (SSSR count). The minimum atomic E-state index is 0.744. The SMILES string of the molecule is CCc1nn(CC)c(CN(CCBr)C2CCCCC2)c1Br. The van der Waals surface area contributed by atoms with Crippen molar-refractivity contribution < 1.29 is 0 Å². The van der Waals surface area contributed by atoms with Crippen molar-refractivity contribution in [3.8, 4) is 0 Å². The number of aryl methyl sites for hydroxylation is 2. The molecule has 5 heteroatoms. The van der Waals surface area contributed by atoms with E-state index in [2.05, 4.69) is 55.3 Å². The zero-order chi connectivity index (χ0) is 15.2. The van der Waals surface area contributed by atoms with Gasteiger partial charge in [-0.25, -0.2) is 0 Å². The van der Waals surface area contributed by atoms with E-state index in [9.17, 15) is 0 Å². The molecule has 0 radical (unpaired) electrons. The predicted octanol–water partition coefficient (Wildman–Crippen LogP) is 4.76. The van der Waals surface area contributed by atoms with Crippen LogP contribution < -0.4 is 0 Å². The van der Waals surface area contributed by atoms with Crippen molar-refractivity contribution in [2.45, 2.75) is 71.5 Å². The molecule has 21 heavy (non-hydrogen) atoms. The average molecular weight is 421 g/mol. The lowest BCUT2D eigenvalue weighted by Crippen LogP contribution is -2.38. The fourth-order valence-electron chi connectivity index (χ4n) is 3.31. The number of aromatic nitrogens is 2. The van der Waals surface area contributed by atoms with Crippen molar-refractivity contribution in [3.05, 3.63) is 15.9 Å². The Hall–Kier alpha value is 0.130. The summed E-state index contributed by atoms with van der Waals surface area (Å²) in [6.07, 6.45) is 7.88. The molecule has 0 unspecified atom stereocenters. The third-order valence-corrected chi connectivity index (χ3v) is 5.78. The lowest BCUT2D eigenvalue weighted by Gasteiger charge is -2.34. The summed E-state index contributed by atoms with van der Waals surface area (Å²) in [7, 11) is 0. The van der Waals surface area contributed by atoms with E-state index < -0.39 is 0 Å². The quantitative estimate of drug-likeness (QED) is 0.593. The highest BCUT2D eigenvalue weighted by atomic mass is 79.9. The van der Waals surface area contributed by atoms with Gasteiger partial charge in [0.15, 0.2) is 0 Å². The number of alkyl halides is 1. The van der Waals surface area contributed by atoms with E-state index in [1.165, 1.54) is 48.0 Å². The van der Waals surface area contributed by atoms with Gasteiger partial charge in [0.1, 0.15) is 0 Å². The highest BCUT2D eigenvalue weighted by molar-refractivity contribution is 9.10. The van der Waals surface area contributed by atoms with Gasteiger partial charge in [-0.3, -0.25) is 9.58 Å². The van der Waals surface area contributed by atoms with E-state index in [-0.39, 0.29) is 0 Å². The Labute approximate surface area is 145 Å². The fourth-order valence-corrected chi connectivity index (χ4v) is 4.45. The van der Waals surface area contributed by atoms with Crippen LogP contribution in [0.1, 0.15) is 57.3 Å². The molecule has 0 amide bonds. The van der Waals surface area contributed by atoms with Gasteiger partial charge in [-0.1, -0.05) is 42.1 Å². The van der Waals surface area contributed by atoms with Crippen LogP contribution in [0.4, 0.5) is 0 Å². The highest BCUT2D eigenvalue weighted by Gasteiger charge is 2.24. The number of halogens is 2. The van der Waals surface area contributed by atoms with Gasteiger partial charge in [0.05, 0.1) is 15.9 Å². The topological polar surface area (TPSA) is 21.1 Å². The maximum atomic E-state index is 4.74. The maximum Gasteiger partial charge on any atom is 0.0767 e. The summed E-state index contributed by atoms with van der Waals surface area (Å²) in [5, 5.41) is 5.78. The molecule has 0 aromatic carbocycles. The zero-order valence-corrected chi connectivity index (χ0v) is 16.4. The molecule has 1 aromatic rings. The van der Waals surface area contributed by atoms with Crippen molar-refractivity contribution in [1.82, 2.24) is 14.7 Å². The number of nitrogens with zero attached hydrogens (tertiary/aromatic N) is 3. The standard InChI is InChI=1S/C16H27Br2N3/c1-3-14-16(18)15(21(4-2)19-14)12-20(11-10-17)13-8-6-5-7-9-13/h13H,3-12H2,1-2H3. The van der Waals surface area contributed by atoms with Gasteiger partial charge in [-0.2, -0.15) is 5.10 Å². The minimum absolute atomic E-state index is 0.744. The second kappa shape index (κ2) is 8.68. The smallest absolute Gasteiger partial charge is 0.0767 e. The predicted molar refractivity (Wildman–Crippen MR) is 96.1 cm³/mol. The van der Waals surface area contributed by atoms with Crippen molar-refractivity contribution in [3.63, 3.8) is 0 Å². The van der Waals surface area contributed by atoms with Crippen LogP contribution in [0.2, 0.25) is 0 Å². The number of rotatable bonds is 7. The largest absolute Gasteiger partial charge is 0.294 e. The van der Waals surface area contributed by atoms with Crippen molar-refractivity contribution in [2.24, 2.45) is 0 Å². The molecule has 0 saturated heterocycles. The number of hydrogen-bond donors (Lipinski definition) is 0. The fraction of sp³-hybridized carbons (Fsp3) is 0.812. The number of hydrogen-bond acceptors (Lipinski definition) is 2. The summed E-state index contributed by atoms with van der Waals surface area (Å²) >= 11 is 7.41. The molecular formula is C16H27Br2N3. The van der Waals surface area contributed by atoms with E-state index in [4.69, 9.17) is 5.10 Å². The summed E-state index contributed by atoms with van der Waals surface area (Å²) in [6, 6.07) is 0.744. The van der Waals surface area contributed by atoms with Gasteiger partial charge in [0.2, 0.25) is 0 Å². The molecule has 0 atom stereocenters. The van der Waals surface area contributed by atoms with Crippen LogP contribution in [0.25, 0.3) is 0 Å². The Morgan fingerprint density at radius 2 is 1.95 bits per heavy atom. The molecule has 3 nitrogen and oxygen atoms in total. The molecule has 0 aliphatic heterocycles. The summed E-state index contributed by atoms with van der Waals surface area (Å²) in [5.41, 5.74) is 2.54. The second-order valence-electron chi connectivity index (χ2n) is 5.83. The van der Waals surface area contributed by atoms with Gasteiger partial charge in [0.25, 0.3) is 0 Å². The normalized spacial score (nSPS) is 16.8. The van der Waals surface area contributed by atoms with Crippen LogP contribution in [-0.4, -0.2) is 32.6 Å². The molecule has 1 aromatic heterocycles. The molecule has 1 saturated carbocycles. The van der Waals surface area contributed by atoms with Crippen molar-refractivity contribution >= 4 is 31.9 Å². The van der Waals surface area contributed by atoms with Gasteiger partial charge >= 0.3 is 0 Å². The van der Waals surface area contributed by atoms with Crippen LogP contribution in [0.3, 0.4) is 0 Å². The molecule has 1 aliphatic rings. The average Bonchev–Trinajstić information content (AvgIpc) is 2.83. The first-order chi connectivity index (χ1) is 10.2. The summed E-state index contributed by atoms with van der Waals surface area (Å²) < 4.78 is 3.40. The summed E-state index contributed by atoms with van der Waals surface area (Å²) in [4.78, 5) is 2.65. The molecule has 1 fully saturated rings. The van der Waals surface area contributed by atoms with Crippen LogP contribution in [0.15, 0.2) is 4.47 Å². The first-order valence-electron chi connectivity index (χ1n) is 8.25. The van der Waals surface area contributed by atoms with E-state index in [1.54, 1.807) is 0 Å². The van der Waals surface area contributed by atoms with Gasteiger partial charge in [-0.15, -0.1) is 0 Å². The molecule has 0 N–H and O–H groups in total. The van der Waals surface area contributed by atoms with Crippen LogP contribution in [0, 0.1) is 0 Å². The molecule has 1 heterocycles. The van der Waals surface area contributed by atoms with Crippen LogP contribution in [0.5, 0.6) is 0 Å². The van der Waals surface area contributed by atoms with Gasteiger partial charge < -0.3 is 0 Å². The van der Waals surface area contributed by atoms with Crippen LogP contribution >= 0.6 is 31.9 Å². The molecular weight excluding hydrogens is 394 g/mol. The summed E-state index contributed by atoms with van der Waals surface area (Å²) in [5.74, 6) is 0. The van der Waals surface area contributed by atoms with Crippen molar-refractivity contribution in [1.29, 1.82) is 0 Å². The monoisotopic (exact) mass is 419 g/mol. The van der Waals surface area contributed by atoms with Gasteiger partial charge in [-0.05, 0) is 42.1 Å². The van der Waals surface area contributed by atoms with E-state index >= 15 is 0 Å². The third-order valence-electron chi connectivity index (χ3n) is 4.51. The molecule has 0 spiro atoms. The van der Waals surface area contributed by atoms with Gasteiger partial charge in [0, 0.05) is 31.0 Å². The molecule has 120 valence electrons. The first kappa shape index (κ1) is 17.5. The van der Waals surface area contributed by atoms with E-state index in [0.717, 1.165) is 37.4 Å². The van der Waals surface area contributed by atoms with E-state index in [0.29, 0.717) is 0 Å². The lowest BCUT2D eigenvalue weighted by atomic mass is 9.94. The van der Waals surface area contributed by atoms with Crippen molar-refractivity contribution in [2.75, 3.05) is 11.9 Å². The highest BCUT2D eigenvalue weighted by Crippen LogP contribution is 2.28. The Kier molecular flexibility index (Phi) is 7.23. The third kappa shape index (κ3) is 4.32. The molecule has 0 bridgehead atoms. The van der Waals surface area contributed by atoms with Crippen LogP contribution in [-0.2, 0) is 19.5 Å². The Morgan fingerprint density at radius 3 is 2.52 bits per heavy atom. The second-order valence-corrected chi connectivity index (χ2v) is 7.41. The minimum Gasteiger partial charge on any atom is -0.294 e. The summed E-state index contributed by atoms with van der Waals surface area (Å²) in [6.45, 7) is 7.43. The Bertz CT molecular complexity index is 439. The zero-order valence-electron chi connectivity index (χ0n) is 13.2. The van der Waals surface area contributed by atoms with E-state index in [1.807, 2.05) is 0 Å².